The summed E-state index contributed by atoms with van der Waals surface area (Å²) in [6.45, 7) is 0.0936. The van der Waals surface area contributed by atoms with E-state index in [1.165, 1.54) is 7.11 Å². The van der Waals surface area contributed by atoms with Crippen molar-refractivity contribution >= 4 is 28.4 Å². The minimum absolute atomic E-state index is 0.0936. The summed E-state index contributed by atoms with van der Waals surface area (Å²) in [5.41, 5.74) is 1.23. The van der Waals surface area contributed by atoms with Gasteiger partial charge in [-0.1, -0.05) is 0 Å². The molecule has 23 heavy (non-hydrogen) atoms. The van der Waals surface area contributed by atoms with Gasteiger partial charge in [0.05, 0.1) is 7.11 Å². The molecule has 1 aromatic heterocycles. The number of hydrogen-bond acceptors (Lipinski definition) is 6. The number of carbonyl (C=O) groups is 2. The molecule has 0 bridgehead atoms. The summed E-state index contributed by atoms with van der Waals surface area (Å²) in [5.74, 6) is -1.75. The summed E-state index contributed by atoms with van der Waals surface area (Å²) in [6, 6.07) is 5.31. The zero-order chi connectivity index (χ0) is 17.0. The number of rotatable bonds is 6. The quantitative estimate of drug-likeness (QED) is 0.287. The van der Waals surface area contributed by atoms with Crippen LogP contribution in [0.3, 0.4) is 0 Å². The second kappa shape index (κ2) is 6.97. The standard InChI is InChI=1S/C16H17NO6/c1-17-8-12(14(18)7-15(19)16(20)22-3)11-6-10(23-9-21-2)4-5-13(11)17/h4-8,18H,9H2,1-3H3. The Labute approximate surface area is 132 Å². The molecule has 1 aromatic carbocycles. The lowest BCUT2D eigenvalue weighted by atomic mass is 10.1. The van der Waals surface area contributed by atoms with Crippen molar-refractivity contribution in [3.05, 3.63) is 36.0 Å². The molecule has 7 heteroatoms. The first-order valence-corrected chi connectivity index (χ1v) is 6.72. The van der Waals surface area contributed by atoms with Crippen molar-refractivity contribution in [1.29, 1.82) is 0 Å². The number of fused-ring (bicyclic) bond motifs is 1. The van der Waals surface area contributed by atoms with Crippen LogP contribution in [0.5, 0.6) is 5.75 Å². The Morgan fingerprint density at radius 3 is 2.70 bits per heavy atom. The zero-order valence-electron chi connectivity index (χ0n) is 13.0. The lowest BCUT2D eigenvalue weighted by molar-refractivity contribution is -0.149. The first-order chi connectivity index (χ1) is 11.0. The topological polar surface area (TPSA) is 87.0 Å². The van der Waals surface area contributed by atoms with Crippen LogP contribution in [-0.2, 0) is 26.1 Å². The second-order valence-electron chi connectivity index (χ2n) is 4.77. The molecule has 1 N–H and O–H groups in total. The van der Waals surface area contributed by atoms with Crippen LogP contribution in [0, 0.1) is 0 Å². The van der Waals surface area contributed by atoms with Crippen molar-refractivity contribution < 1.29 is 28.9 Å². The Hall–Kier alpha value is -2.80. The molecule has 0 unspecified atom stereocenters. The third-order valence-electron chi connectivity index (χ3n) is 3.23. The van der Waals surface area contributed by atoms with E-state index in [2.05, 4.69) is 4.74 Å². The minimum Gasteiger partial charge on any atom is -0.507 e. The van der Waals surface area contributed by atoms with E-state index in [1.807, 2.05) is 6.07 Å². The minimum atomic E-state index is -1.04. The van der Waals surface area contributed by atoms with Gasteiger partial charge in [-0.25, -0.2) is 4.79 Å². The lowest BCUT2D eigenvalue weighted by Crippen LogP contribution is -2.13. The summed E-state index contributed by atoms with van der Waals surface area (Å²) in [6.07, 6.45) is 2.49. The van der Waals surface area contributed by atoms with E-state index < -0.39 is 11.8 Å². The van der Waals surface area contributed by atoms with Crippen LogP contribution < -0.4 is 4.74 Å². The van der Waals surface area contributed by atoms with Gasteiger partial charge in [0.25, 0.3) is 5.78 Å². The Kier molecular flexibility index (Phi) is 5.02. The molecule has 2 rings (SSSR count). The average Bonchev–Trinajstić information content (AvgIpc) is 2.88. The van der Waals surface area contributed by atoms with Gasteiger partial charge in [-0.2, -0.15) is 0 Å². The number of nitrogens with zero attached hydrogens (tertiary/aromatic N) is 1. The molecule has 0 fully saturated rings. The molecule has 0 radical (unpaired) electrons. The smallest absolute Gasteiger partial charge is 0.378 e. The first-order valence-electron chi connectivity index (χ1n) is 6.72. The third kappa shape index (κ3) is 3.51. The molecule has 2 aromatic rings. The molecule has 7 nitrogen and oxygen atoms in total. The van der Waals surface area contributed by atoms with Gasteiger partial charge in [0, 0.05) is 42.9 Å². The van der Waals surface area contributed by atoms with Gasteiger partial charge in [0.2, 0.25) is 0 Å². The molecule has 0 aliphatic carbocycles. The van der Waals surface area contributed by atoms with E-state index in [9.17, 15) is 14.7 Å². The van der Waals surface area contributed by atoms with E-state index in [0.29, 0.717) is 16.7 Å². The Morgan fingerprint density at radius 2 is 2.04 bits per heavy atom. The predicted octanol–water partition coefficient (Wildman–Crippen LogP) is 1.80. The summed E-state index contributed by atoms with van der Waals surface area (Å²) < 4.78 is 16.3. The van der Waals surface area contributed by atoms with Crippen LogP contribution >= 0.6 is 0 Å². The first kappa shape index (κ1) is 16.6. The predicted molar refractivity (Wildman–Crippen MR) is 83.1 cm³/mol. The number of carbonyl (C=O) groups excluding carboxylic acids is 2. The highest BCUT2D eigenvalue weighted by molar-refractivity contribution is 6.39. The number of hydrogen-bond donors (Lipinski definition) is 1. The maximum absolute atomic E-state index is 11.6. The normalized spacial score (nSPS) is 11.5. The van der Waals surface area contributed by atoms with E-state index in [1.54, 1.807) is 29.9 Å². The fraction of sp³-hybridized carbons (Fsp3) is 0.250. The van der Waals surface area contributed by atoms with E-state index in [-0.39, 0.29) is 12.6 Å². The molecule has 0 spiro atoms. The fourth-order valence-electron chi connectivity index (χ4n) is 2.15. The number of aliphatic hydroxyl groups is 1. The summed E-state index contributed by atoms with van der Waals surface area (Å²) in [4.78, 5) is 22.7. The Morgan fingerprint density at radius 1 is 1.30 bits per heavy atom. The van der Waals surface area contributed by atoms with E-state index in [4.69, 9.17) is 9.47 Å². The maximum atomic E-state index is 11.6. The van der Waals surface area contributed by atoms with Gasteiger partial charge in [-0.05, 0) is 18.2 Å². The highest BCUT2D eigenvalue weighted by atomic mass is 16.7. The highest BCUT2D eigenvalue weighted by Gasteiger charge is 2.16. The molecule has 0 saturated carbocycles. The zero-order valence-corrected chi connectivity index (χ0v) is 13.0. The van der Waals surface area contributed by atoms with Crippen molar-refractivity contribution in [1.82, 2.24) is 4.57 Å². The van der Waals surface area contributed by atoms with Crippen LogP contribution in [0.25, 0.3) is 16.7 Å². The lowest BCUT2D eigenvalue weighted by Gasteiger charge is -2.05. The molecular formula is C16H17NO6. The summed E-state index contributed by atoms with van der Waals surface area (Å²) in [5, 5.41) is 10.8. The van der Waals surface area contributed by atoms with Crippen molar-refractivity contribution in [2.75, 3.05) is 21.0 Å². The van der Waals surface area contributed by atoms with Gasteiger partial charge >= 0.3 is 5.97 Å². The monoisotopic (exact) mass is 319 g/mol. The third-order valence-corrected chi connectivity index (χ3v) is 3.23. The van der Waals surface area contributed by atoms with Gasteiger partial charge in [0.1, 0.15) is 11.5 Å². The van der Waals surface area contributed by atoms with Gasteiger partial charge in [-0.15, -0.1) is 0 Å². The van der Waals surface area contributed by atoms with Crippen LogP contribution in [0.2, 0.25) is 0 Å². The number of ketones is 1. The number of methoxy groups -OCH3 is 2. The van der Waals surface area contributed by atoms with Crippen molar-refractivity contribution in [3.63, 3.8) is 0 Å². The molecule has 0 atom stereocenters. The molecule has 122 valence electrons. The second-order valence-corrected chi connectivity index (χ2v) is 4.77. The van der Waals surface area contributed by atoms with Crippen molar-refractivity contribution in [2.45, 2.75) is 0 Å². The molecule has 0 aliphatic rings. The maximum Gasteiger partial charge on any atom is 0.378 e. The largest absolute Gasteiger partial charge is 0.507 e. The van der Waals surface area contributed by atoms with Crippen LogP contribution in [0.1, 0.15) is 5.56 Å². The molecule has 0 amide bonds. The number of esters is 1. The van der Waals surface area contributed by atoms with Crippen LogP contribution in [0.4, 0.5) is 0 Å². The van der Waals surface area contributed by atoms with Gasteiger partial charge in [0.15, 0.2) is 6.79 Å². The van der Waals surface area contributed by atoms with Gasteiger partial charge in [-0.3, -0.25) is 4.79 Å². The number of benzene rings is 1. The number of aryl methyl sites for hydroxylation is 1. The number of ether oxygens (including phenoxy) is 3. The fourth-order valence-corrected chi connectivity index (χ4v) is 2.15. The summed E-state index contributed by atoms with van der Waals surface area (Å²) in [7, 11) is 4.42. The van der Waals surface area contributed by atoms with Crippen LogP contribution in [-0.4, -0.2) is 42.4 Å². The van der Waals surface area contributed by atoms with Crippen LogP contribution in [0.15, 0.2) is 30.5 Å². The van der Waals surface area contributed by atoms with Gasteiger partial charge < -0.3 is 23.9 Å². The van der Waals surface area contributed by atoms with Crippen molar-refractivity contribution in [2.24, 2.45) is 7.05 Å². The molecule has 0 aliphatic heterocycles. The average molecular weight is 319 g/mol. The highest BCUT2D eigenvalue weighted by Crippen LogP contribution is 2.29. The molecule has 0 saturated heterocycles. The summed E-state index contributed by atoms with van der Waals surface area (Å²) >= 11 is 0. The molecular weight excluding hydrogens is 302 g/mol. The van der Waals surface area contributed by atoms with Crippen molar-refractivity contribution in [3.8, 4) is 5.75 Å². The van der Waals surface area contributed by atoms with E-state index in [0.717, 1.165) is 18.7 Å². The number of aliphatic hydroxyl groups excluding tert-OH is 1. The molecule has 1 heterocycles. The number of aromatic nitrogens is 1. The Balaban J connectivity index is 2.45. The Bertz CT molecular complexity index is 774. The SMILES string of the molecule is COCOc1ccc2c(c1)c(C(O)=CC(=O)C(=O)OC)cn2C. The van der Waals surface area contributed by atoms with E-state index >= 15 is 0 Å².